The zero-order valence-electron chi connectivity index (χ0n) is 42.3. The van der Waals surface area contributed by atoms with Crippen molar-refractivity contribution < 1.29 is 30.3 Å². The number of hydrogen-bond acceptors (Lipinski definition) is 3. The third-order valence-corrected chi connectivity index (χ3v) is 12.1. The number of aryl methyl sites for hydroxylation is 1. The van der Waals surface area contributed by atoms with Gasteiger partial charge in [-0.2, -0.15) is 0 Å². The van der Waals surface area contributed by atoms with Gasteiger partial charge in [0, 0.05) is 48.3 Å². The number of imidazole rings is 1. The fourth-order valence-electron chi connectivity index (χ4n) is 8.44. The maximum atomic E-state index is 12.5. The van der Waals surface area contributed by atoms with Crippen LogP contribution in [0.1, 0.15) is 115 Å². The van der Waals surface area contributed by atoms with E-state index in [-0.39, 0.29) is 48.5 Å². The molecule has 0 aliphatic heterocycles. The van der Waals surface area contributed by atoms with Crippen LogP contribution in [0.3, 0.4) is 0 Å². The molecule has 5 heteroatoms. The number of pyridine rings is 1. The summed E-state index contributed by atoms with van der Waals surface area (Å²) in [5.41, 5.74) is 14.6. The van der Waals surface area contributed by atoms with E-state index in [4.69, 9.17) is 14.1 Å². The minimum atomic E-state index is -2.17. The van der Waals surface area contributed by atoms with Crippen molar-refractivity contribution in [3.05, 3.63) is 167 Å². The molecular formula is C59H62N3OPt-. The van der Waals surface area contributed by atoms with Gasteiger partial charge in [-0.1, -0.05) is 185 Å². The van der Waals surface area contributed by atoms with Crippen LogP contribution < -0.4 is 0 Å². The minimum absolute atomic E-state index is 0. The third kappa shape index (κ3) is 9.18. The molecule has 0 atom stereocenters. The number of phenolic OH excluding ortho intramolecular Hbond substituents is 1. The van der Waals surface area contributed by atoms with Crippen LogP contribution >= 0.6 is 0 Å². The molecule has 0 spiro atoms. The molecule has 1 N–H and O–H groups in total. The Morgan fingerprint density at radius 3 is 1.84 bits per heavy atom. The van der Waals surface area contributed by atoms with Crippen LogP contribution in [0.15, 0.2) is 134 Å². The second-order valence-corrected chi connectivity index (χ2v) is 21.2. The topological polar surface area (TPSA) is 50.9 Å². The van der Waals surface area contributed by atoms with Crippen molar-refractivity contribution in [2.75, 3.05) is 0 Å². The summed E-state index contributed by atoms with van der Waals surface area (Å²) in [4.78, 5) is 10.5. The third-order valence-electron chi connectivity index (χ3n) is 12.1. The fourth-order valence-corrected chi connectivity index (χ4v) is 8.44. The van der Waals surface area contributed by atoms with Crippen molar-refractivity contribution in [3.63, 3.8) is 0 Å². The molecule has 0 aliphatic carbocycles. The summed E-state index contributed by atoms with van der Waals surface area (Å²) in [6.07, 6.45) is 1.80. The molecule has 0 saturated heterocycles. The van der Waals surface area contributed by atoms with Crippen LogP contribution in [0.5, 0.6) is 5.75 Å². The molecule has 4 nitrogen and oxygen atoms in total. The Hall–Kier alpha value is -5.57. The van der Waals surface area contributed by atoms with Gasteiger partial charge in [0.2, 0.25) is 0 Å². The first-order valence-corrected chi connectivity index (χ1v) is 22.0. The number of fused-ring (bicyclic) bond motifs is 1. The molecule has 2 heterocycles. The van der Waals surface area contributed by atoms with E-state index in [1.165, 1.54) is 11.1 Å². The molecule has 0 unspecified atom stereocenters. The van der Waals surface area contributed by atoms with Gasteiger partial charge in [-0.25, -0.2) is 4.98 Å². The number of phenols is 1. The van der Waals surface area contributed by atoms with E-state index < -0.39 is 6.85 Å². The number of aromatic hydroxyl groups is 1. The second kappa shape index (κ2) is 17.1. The van der Waals surface area contributed by atoms with Gasteiger partial charge in [0.05, 0.1) is 16.6 Å². The van der Waals surface area contributed by atoms with Gasteiger partial charge in [-0.05, 0) is 92.2 Å². The first-order valence-electron chi connectivity index (χ1n) is 23.5. The number of benzene rings is 6. The molecule has 330 valence electrons. The monoisotopic (exact) mass is 1030 g/mol. The van der Waals surface area contributed by atoms with Crippen LogP contribution in [-0.2, 0) is 42.7 Å². The normalized spacial score (nSPS) is 13.3. The van der Waals surface area contributed by atoms with Crippen LogP contribution in [-0.4, -0.2) is 19.6 Å². The van der Waals surface area contributed by atoms with E-state index in [9.17, 15) is 5.11 Å². The Kier molecular flexibility index (Phi) is 11.3. The molecule has 0 aliphatic rings. The van der Waals surface area contributed by atoms with Gasteiger partial charge in [0.15, 0.2) is 0 Å². The molecule has 2 aromatic heterocycles. The van der Waals surface area contributed by atoms with Crippen molar-refractivity contribution in [3.8, 4) is 67.5 Å². The van der Waals surface area contributed by atoms with Gasteiger partial charge in [0.1, 0.15) is 11.6 Å². The summed E-state index contributed by atoms with van der Waals surface area (Å²) >= 11 is 0. The zero-order chi connectivity index (χ0) is 47.7. The molecule has 8 aromatic rings. The minimum Gasteiger partial charge on any atom is -0.507 e. The van der Waals surface area contributed by atoms with E-state index in [0.29, 0.717) is 17.0 Å². The van der Waals surface area contributed by atoms with Gasteiger partial charge in [-0.3, -0.25) is 9.55 Å². The van der Waals surface area contributed by atoms with Crippen molar-refractivity contribution in [1.82, 2.24) is 14.5 Å². The summed E-state index contributed by atoms with van der Waals surface area (Å²) in [5, 5.41) is 12.5. The van der Waals surface area contributed by atoms with Crippen molar-refractivity contribution in [2.45, 2.75) is 112 Å². The largest absolute Gasteiger partial charge is 0.507 e. The van der Waals surface area contributed by atoms with Gasteiger partial charge in [0.25, 0.3) is 0 Å². The Morgan fingerprint density at radius 1 is 0.547 bits per heavy atom. The Morgan fingerprint density at radius 2 is 1.20 bits per heavy atom. The van der Waals surface area contributed by atoms with E-state index in [2.05, 4.69) is 185 Å². The molecule has 0 saturated carbocycles. The van der Waals surface area contributed by atoms with Gasteiger partial charge < -0.3 is 5.11 Å². The molecule has 0 radical (unpaired) electrons. The molecule has 64 heavy (non-hydrogen) atoms. The van der Waals surface area contributed by atoms with Crippen molar-refractivity contribution in [2.24, 2.45) is 0 Å². The number of nitrogens with zero attached hydrogens (tertiary/aromatic N) is 3. The summed E-state index contributed by atoms with van der Waals surface area (Å²) in [6.45, 7) is 24.3. The molecule has 0 amide bonds. The predicted molar refractivity (Wildman–Crippen MR) is 266 cm³/mol. The Balaban J connectivity index is 0.00000666. The van der Waals surface area contributed by atoms with Crippen molar-refractivity contribution in [1.29, 1.82) is 0 Å². The van der Waals surface area contributed by atoms with Gasteiger partial charge >= 0.3 is 0 Å². The molecule has 6 aromatic carbocycles. The summed E-state index contributed by atoms with van der Waals surface area (Å²) in [5.74, 6) is 0.887. The smallest absolute Gasteiger partial charge is 0.148 e. The molecular weight excluding hydrogens is 962 g/mol. The zero-order valence-corrected chi connectivity index (χ0v) is 41.6. The predicted octanol–water partition coefficient (Wildman–Crippen LogP) is 15.8. The Bertz CT molecular complexity index is 3100. The van der Waals surface area contributed by atoms with Gasteiger partial charge in [-0.15, -0.1) is 29.3 Å². The first-order chi connectivity index (χ1) is 30.8. The van der Waals surface area contributed by atoms with Crippen LogP contribution in [0.2, 0.25) is 0 Å². The summed E-state index contributed by atoms with van der Waals surface area (Å²) < 4.78 is 25.8. The van der Waals surface area contributed by atoms with E-state index in [1.807, 2.05) is 24.3 Å². The maximum absolute atomic E-state index is 12.5. The summed E-state index contributed by atoms with van der Waals surface area (Å²) in [6, 6.07) is 47.1. The van der Waals surface area contributed by atoms with Crippen LogP contribution in [0.4, 0.5) is 0 Å². The Labute approximate surface area is 400 Å². The second-order valence-electron chi connectivity index (χ2n) is 21.2. The molecule has 0 bridgehead atoms. The van der Waals surface area contributed by atoms with Crippen molar-refractivity contribution >= 4 is 11.0 Å². The standard InChI is InChI=1S/C59H62N3O.Pt/c1-37-22-24-38(25-23-37)40-28-29-60-51(33-40)42-30-41(31-43(32-42)56(2,3)4)47-20-17-21-52-53(47)61-55(48-34-44(57(5,6)7)35-50(54(48)63)59(11,12)13)62(52)45-26-27-46(39-18-15-14-16-19-39)49(36-45)58(8,9)10;/h14-29,31-36,63H,1-13H3;/q-1;/i1D3;. The first kappa shape index (κ1) is 42.4. The fraction of sp³-hybridized carbons (Fsp3) is 0.288. The summed E-state index contributed by atoms with van der Waals surface area (Å²) in [7, 11) is 0. The molecule has 8 rings (SSSR count). The van der Waals surface area contributed by atoms with E-state index in [1.54, 1.807) is 18.3 Å². The molecule has 0 fully saturated rings. The maximum Gasteiger partial charge on any atom is 0.148 e. The average Bonchev–Trinajstić information content (AvgIpc) is 3.64. The van der Waals surface area contributed by atoms with E-state index >= 15 is 0 Å². The van der Waals surface area contributed by atoms with Crippen LogP contribution in [0, 0.1) is 12.9 Å². The average molecular weight is 1030 g/mol. The quantitative estimate of drug-likeness (QED) is 0.169. The number of rotatable bonds is 6. The number of aromatic nitrogens is 3. The number of para-hydroxylation sites is 1. The van der Waals surface area contributed by atoms with E-state index in [0.717, 1.165) is 72.5 Å². The SMILES string of the molecule is [2H]C([2H])([2H])c1ccc(-c2ccnc(-c3[c-]c(-c4cccc5c4nc(-c4cc(C(C)(C)C)cc(C(C)(C)C)c4O)n5-c4ccc(-c5ccccc5)c(C(C)(C)C)c4)cc(C(C)(C)C)c3)c2)cc1.[Pt]. The van der Waals surface area contributed by atoms with Crippen LogP contribution in [0.25, 0.3) is 72.7 Å². The number of hydrogen-bond donors (Lipinski definition) is 1.